The van der Waals surface area contributed by atoms with Crippen molar-refractivity contribution in [2.45, 2.75) is 19.4 Å². The molecule has 0 atom stereocenters. The molecule has 0 radical (unpaired) electrons. The Kier molecular flexibility index (Phi) is 8.62. The number of piperazine rings is 1. The van der Waals surface area contributed by atoms with Crippen LogP contribution < -0.4 is 14.5 Å². The van der Waals surface area contributed by atoms with Gasteiger partial charge in [0.15, 0.2) is 0 Å². The van der Waals surface area contributed by atoms with Gasteiger partial charge < -0.3 is 29.4 Å². The lowest BCUT2D eigenvalue weighted by molar-refractivity contribution is -0.126. The van der Waals surface area contributed by atoms with Crippen molar-refractivity contribution in [3.63, 3.8) is 0 Å². The lowest BCUT2D eigenvalue weighted by atomic mass is 10.0. The molecule has 12 heteroatoms. The van der Waals surface area contributed by atoms with Gasteiger partial charge in [-0.15, -0.1) is 0 Å². The van der Waals surface area contributed by atoms with E-state index >= 15 is 0 Å². The summed E-state index contributed by atoms with van der Waals surface area (Å²) in [6.45, 7) is 10.1. The maximum atomic E-state index is 12.2. The second kappa shape index (κ2) is 12.6. The van der Waals surface area contributed by atoms with Crippen molar-refractivity contribution in [1.82, 2.24) is 19.8 Å². The number of aromatic nitrogens is 2. The fourth-order valence-electron chi connectivity index (χ4n) is 6.16. The minimum atomic E-state index is -2.40. The monoisotopic (exact) mass is 608 g/mol. The molecule has 230 valence electrons. The van der Waals surface area contributed by atoms with Crippen LogP contribution in [-0.4, -0.2) is 110 Å². The summed E-state index contributed by atoms with van der Waals surface area (Å²) < 4.78 is 25.9. The first-order valence-corrected chi connectivity index (χ1v) is 16.8. The summed E-state index contributed by atoms with van der Waals surface area (Å²) in [7, 11) is -2.40. The van der Waals surface area contributed by atoms with Gasteiger partial charge in [0, 0.05) is 75.1 Å². The lowest BCUT2D eigenvalue weighted by Gasteiger charge is -2.40. The van der Waals surface area contributed by atoms with Crippen molar-refractivity contribution < 1.29 is 23.7 Å². The Hall–Kier alpha value is -3.58. The minimum absolute atomic E-state index is 0.0545. The van der Waals surface area contributed by atoms with Gasteiger partial charge in [0.1, 0.15) is 11.6 Å². The number of aromatic hydroxyl groups is 1. The number of rotatable bonds is 8. The Morgan fingerprint density at radius 1 is 1.00 bits per heavy atom. The zero-order chi connectivity index (χ0) is 30.0. The molecule has 3 N–H and O–H groups in total. The molecule has 0 spiro atoms. The van der Waals surface area contributed by atoms with Crippen molar-refractivity contribution in [3.05, 3.63) is 60.3 Å². The third-order valence-corrected chi connectivity index (χ3v) is 10.2. The number of carbonyl (C=O) groups is 1. The summed E-state index contributed by atoms with van der Waals surface area (Å²) in [5.41, 5.74) is 2.98. The fraction of sp³-hybridized carbons (Fsp3) is 0.452. The molecule has 6 rings (SSSR count). The minimum Gasteiger partial charge on any atom is -0.508 e. The summed E-state index contributed by atoms with van der Waals surface area (Å²) in [5.74, 6) is 1.91. The average molecular weight is 609 g/mol. The van der Waals surface area contributed by atoms with Crippen LogP contribution in [0.5, 0.6) is 11.8 Å². The van der Waals surface area contributed by atoms with Gasteiger partial charge in [-0.2, -0.15) is 20.6 Å². The molecule has 1 aromatic heterocycles. The highest BCUT2D eigenvalue weighted by Gasteiger charge is 2.29. The summed E-state index contributed by atoms with van der Waals surface area (Å²) in [4.78, 5) is 30.5. The number of nitrogens with zero attached hydrogens (tertiary/aromatic N) is 6. The van der Waals surface area contributed by atoms with Crippen LogP contribution in [0.1, 0.15) is 17.7 Å². The Bertz CT molecular complexity index is 1490. The number of fused-ring (bicyclic) bond motifs is 2. The third-order valence-electron chi connectivity index (χ3n) is 8.57. The number of hydrogen-bond donors (Lipinski definition) is 3. The van der Waals surface area contributed by atoms with E-state index in [1.807, 2.05) is 29.2 Å². The lowest BCUT2D eigenvalue weighted by Crippen LogP contribution is -2.49. The molecule has 43 heavy (non-hydrogen) atoms. The topological polar surface area (TPSA) is 126 Å². The Morgan fingerprint density at radius 3 is 2.53 bits per heavy atom. The number of ether oxygens (including phenoxy) is 1. The highest BCUT2D eigenvalue weighted by molar-refractivity contribution is 8.24. The fourth-order valence-corrected chi connectivity index (χ4v) is 7.47. The molecular weight excluding hydrogens is 568 g/mol. The number of benzene rings is 2. The third kappa shape index (κ3) is 6.67. The highest BCUT2D eigenvalue weighted by Crippen LogP contribution is 2.40. The maximum Gasteiger partial charge on any atom is 0.318 e. The van der Waals surface area contributed by atoms with Crippen LogP contribution in [0.3, 0.4) is 0 Å². The molecule has 2 fully saturated rings. The molecule has 0 aliphatic carbocycles. The molecule has 1 amide bonds. The van der Waals surface area contributed by atoms with Crippen LogP contribution in [0.25, 0.3) is 10.8 Å². The van der Waals surface area contributed by atoms with E-state index in [0.717, 1.165) is 59.5 Å². The van der Waals surface area contributed by atoms with E-state index in [-0.39, 0.29) is 11.7 Å². The molecule has 3 aromatic rings. The zero-order valence-electron chi connectivity index (χ0n) is 24.4. The summed E-state index contributed by atoms with van der Waals surface area (Å²) in [6, 6.07) is 12.0. The van der Waals surface area contributed by atoms with Gasteiger partial charge >= 0.3 is 6.01 Å². The smallest absolute Gasteiger partial charge is 0.318 e. The first-order valence-electron chi connectivity index (χ1n) is 14.9. The van der Waals surface area contributed by atoms with Gasteiger partial charge in [-0.1, -0.05) is 30.8 Å². The van der Waals surface area contributed by atoms with E-state index in [9.17, 15) is 19.0 Å². The predicted molar refractivity (Wildman–Crippen MR) is 171 cm³/mol. The molecule has 3 aliphatic rings. The second-order valence-corrected chi connectivity index (χ2v) is 13.8. The van der Waals surface area contributed by atoms with Crippen LogP contribution in [0.2, 0.25) is 0 Å². The van der Waals surface area contributed by atoms with Gasteiger partial charge in [-0.25, -0.2) is 0 Å². The van der Waals surface area contributed by atoms with Crippen molar-refractivity contribution >= 4 is 38.8 Å². The Balaban J connectivity index is 1.21. The van der Waals surface area contributed by atoms with E-state index in [4.69, 9.17) is 14.7 Å². The first kappa shape index (κ1) is 29.5. The number of anilines is 2. The highest BCUT2D eigenvalue weighted by atomic mass is 32.3. The molecule has 2 saturated heterocycles. The van der Waals surface area contributed by atoms with Crippen molar-refractivity contribution in [1.29, 1.82) is 0 Å². The number of phenolic OH excluding ortho intramolecular Hbond substituents is 1. The normalized spacial score (nSPS) is 19.6. The Labute approximate surface area is 253 Å². The standard InChI is InChI=1S/C31H40N6O5S/c1-2-29(39)35-11-13-36(14-12-35)30-26-8-10-37(28-21-24(38)20-23-6-3-4-7-25(23)28)22-27(26)32-31(33-30)42-17-5-9-34-15-18-43(40,41)19-16-34/h2-4,6-7,20-21,38,40-41H,1,5,8-19,22H2. The summed E-state index contributed by atoms with van der Waals surface area (Å²) >= 11 is 0. The van der Waals surface area contributed by atoms with Crippen LogP contribution >= 0.6 is 10.6 Å². The summed E-state index contributed by atoms with van der Waals surface area (Å²) in [6.07, 6.45) is 2.89. The molecule has 4 heterocycles. The first-order chi connectivity index (χ1) is 20.8. The van der Waals surface area contributed by atoms with Gasteiger partial charge in [0.25, 0.3) is 0 Å². The van der Waals surface area contributed by atoms with Gasteiger partial charge in [-0.3, -0.25) is 13.9 Å². The summed E-state index contributed by atoms with van der Waals surface area (Å²) in [5, 5.41) is 12.5. The molecular formula is C31H40N6O5S. The quantitative estimate of drug-likeness (QED) is 0.258. The maximum absolute atomic E-state index is 12.2. The van der Waals surface area contributed by atoms with Gasteiger partial charge in [0.2, 0.25) is 5.91 Å². The van der Waals surface area contributed by atoms with Crippen LogP contribution in [0.4, 0.5) is 11.5 Å². The molecule has 0 saturated carbocycles. The number of hydrogen-bond acceptors (Lipinski definition) is 10. The van der Waals surface area contributed by atoms with Gasteiger partial charge in [-0.05, 0) is 30.4 Å². The number of amides is 1. The van der Waals surface area contributed by atoms with Gasteiger partial charge in [0.05, 0.1) is 30.4 Å². The van der Waals surface area contributed by atoms with E-state index in [0.29, 0.717) is 69.9 Å². The molecule has 11 nitrogen and oxygen atoms in total. The van der Waals surface area contributed by atoms with Crippen molar-refractivity contribution in [2.24, 2.45) is 0 Å². The second-order valence-electron chi connectivity index (χ2n) is 11.4. The molecule has 3 aliphatic heterocycles. The van der Waals surface area contributed by atoms with Crippen molar-refractivity contribution in [2.75, 3.05) is 80.3 Å². The van der Waals surface area contributed by atoms with Crippen LogP contribution in [0.15, 0.2) is 49.1 Å². The largest absolute Gasteiger partial charge is 0.508 e. The number of carbonyl (C=O) groups excluding carboxylic acids is 1. The molecule has 2 aromatic carbocycles. The van der Waals surface area contributed by atoms with Crippen LogP contribution in [0, 0.1) is 0 Å². The van der Waals surface area contributed by atoms with E-state index < -0.39 is 10.6 Å². The SMILES string of the molecule is C=CC(=O)N1CCN(c2nc(OCCCN3CCS(O)(O)CC3)nc3c2CCN(c2cc(O)cc4ccccc24)C3)CC1. The number of phenols is 1. The van der Waals surface area contributed by atoms with E-state index in [1.165, 1.54) is 6.08 Å². The van der Waals surface area contributed by atoms with E-state index in [2.05, 4.69) is 27.3 Å². The van der Waals surface area contributed by atoms with Crippen LogP contribution in [-0.2, 0) is 17.8 Å². The zero-order valence-corrected chi connectivity index (χ0v) is 25.2. The Morgan fingerprint density at radius 2 is 1.77 bits per heavy atom. The molecule has 0 bridgehead atoms. The average Bonchev–Trinajstić information content (AvgIpc) is 3.02. The van der Waals surface area contributed by atoms with Crippen molar-refractivity contribution in [3.8, 4) is 11.8 Å². The van der Waals surface area contributed by atoms with E-state index in [1.54, 1.807) is 6.07 Å². The predicted octanol–water partition coefficient (Wildman–Crippen LogP) is 3.57. The molecule has 0 unspecified atom stereocenters.